The van der Waals surface area contributed by atoms with Gasteiger partial charge in [-0.1, -0.05) is 29.8 Å². The Morgan fingerprint density at radius 2 is 2.07 bits per heavy atom. The van der Waals surface area contributed by atoms with Crippen LogP contribution in [0.4, 0.5) is 11.5 Å². The van der Waals surface area contributed by atoms with Gasteiger partial charge in [0.1, 0.15) is 0 Å². The first kappa shape index (κ1) is 18.2. The zero-order chi connectivity index (χ0) is 19.1. The summed E-state index contributed by atoms with van der Waals surface area (Å²) in [6.07, 6.45) is 1.86. The first-order valence-corrected chi connectivity index (χ1v) is 9.69. The van der Waals surface area contributed by atoms with Crippen LogP contribution in [-0.4, -0.2) is 40.2 Å². The van der Waals surface area contributed by atoms with Crippen molar-refractivity contribution in [2.45, 2.75) is 39.7 Å². The number of halogens is 1. The molecule has 2 aromatic heterocycles. The van der Waals surface area contributed by atoms with Gasteiger partial charge in [-0.3, -0.25) is 0 Å². The molecular weight excluding hydrogens is 362 g/mol. The summed E-state index contributed by atoms with van der Waals surface area (Å²) in [6.45, 7) is 7.65. The lowest BCUT2D eigenvalue weighted by molar-refractivity contribution is 0.148. The van der Waals surface area contributed by atoms with E-state index in [0.29, 0.717) is 6.61 Å². The molecule has 0 saturated carbocycles. The number of aryl methyl sites for hydroxylation is 2. The summed E-state index contributed by atoms with van der Waals surface area (Å²) >= 11 is 6.60. The van der Waals surface area contributed by atoms with Gasteiger partial charge in [-0.25, -0.2) is 9.67 Å². The fraction of sp³-hybridized carbons (Fsp3) is 0.450. The van der Waals surface area contributed by atoms with Crippen molar-refractivity contribution >= 4 is 34.1 Å². The van der Waals surface area contributed by atoms with Gasteiger partial charge >= 0.3 is 0 Å². The molecule has 0 fully saturated rings. The highest BCUT2D eigenvalue weighted by molar-refractivity contribution is 6.33. The Labute approximate surface area is 164 Å². The van der Waals surface area contributed by atoms with Crippen LogP contribution < -0.4 is 4.90 Å². The molecule has 1 aliphatic heterocycles. The summed E-state index contributed by atoms with van der Waals surface area (Å²) in [5.41, 5.74) is 6.21. The molecule has 1 atom stereocenters. The van der Waals surface area contributed by atoms with E-state index in [-0.39, 0.29) is 6.04 Å². The molecule has 4 rings (SSSR count). The van der Waals surface area contributed by atoms with Crippen LogP contribution >= 0.6 is 11.6 Å². The molecule has 0 spiro atoms. The average Bonchev–Trinajstić information content (AvgIpc) is 3.23. The smallest absolute Gasteiger partial charge is 0.163 e. The lowest BCUT2D eigenvalue weighted by Crippen LogP contribution is -2.17. The van der Waals surface area contributed by atoms with Crippen molar-refractivity contribution in [3.63, 3.8) is 0 Å². The Morgan fingerprint density at radius 3 is 2.81 bits per heavy atom. The van der Waals surface area contributed by atoms with Crippen LogP contribution in [-0.2, 0) is 11.2 Å². The highest BCUT2D eigenvalue weighted by Gasteiger charge is 2.28. The molecule has 7 heteroatoms. The van der Waals surface area contributed by atoms with E-state index in [0.717, 1.165) is 52.6 Å². The average molecular weight is 386 g/mol. The van der Waals surface area contributed by atoms with Gasteiger partial charge in [-0.15, -0.1) is 5.10 Å². The van der Waals surface area contributed by atoms with Crippen LogP contribution in [0.15, 0.2) is 18.2 Å². The third-order valence-electron chi connectivity index (χ3n) is 5.16. The van der Waals surface area contributed by atoms with Crippen molar-refractivity contribution in [1.29, 1.82) is 0 Å². The Bertz CT molecular complexity index is 1000. The van der Waals surface area contributed by atoms with Gasteiger partial charge in [0.2, 0.25) is 0 Å². The van der Waals surface area contributed by atoms with Crippen molar-refractivity contribution in [2.24, 2.45) is 0 Å². The number of ether oxygens (including phenoxy) is 1. The number of nitrogens with zero attached hydrogens (tertiary/aromatic N) is 5. The van der Waals surface area contributed by atoms with Crippen LogP contribution in [0.25, 0.3) is 11.0 Å². The third-order valence-corrected chi connectivity index (χ3v) is 5.45. The van der Waals surface area contributed by atoms with Gasteiger partial charge in [0.05, 0.1) is 28.9 Å². The molecule has 3 aromatic rings. The molecule has 3 heterocycles. The molecular formula is C20H24ClN5O. The normalized spacial score (nSPS) is 14.8. The summed E-state index contributed by atoms with van der Waals surface area (Å²) in [6, 6.07) is 6.40. The molecule has 6 nitrogen and oxygen atoms in total. The molecule has 142 valence electrons. The SMILES string of the molecule is CC[C@H](COC)n1nnc2c(N3CCc4cc(C)cc(Cl)c43)nc(C)cc21. The Balaban J connectivity index is 1.87. The lowest BCUT2D eigenvalue weighted by atomic mass is 10.1. The minimum Gasteiger partial charge on any atom is -0.382 e. The van der Waals surface area contributed by atoms with Gasteiger partial charge in [0.15, 0.2) is 11.3 Å². The van der Waals surface area contributed by atoms with E-state index in [2.05, 4.69) is 35.1 Å². The van der Waals surface area contributed by atoms with Gasteiger partial charge in [0, 0.05) is 19.3 Å². The number of rotatable bonds is 5. The molecule has 27 heavy (non-hydrogen) atoms. The molecule has 0 radical (unpaired) electrons. The molecule has 0 N–H and O–H groups in total. The predicted molar refractivity (Wildman–Crippen MR) is 108 cm³/mol. The minimum absolute atomic E-state index is 0.145. The topological polar surface area (TPSA) is 56.1 Å². The second-order valence-electron chi connectivity index (χ2n) is 7.16. The van der Waals surface area contributed by atoms with E-state index in [1.165, 1.54) is 11.1 Å². The highest BCUT2D eigenvalue weighted by Crippen LogP contribution is 2.42. The summed E-state index contributed by atoms with van der Waals surface area (Å²) in [5.74, 6) is 0.827. The monoisotopic (exact) mass is 385 g/mol. The minimum atomic E-state index is 0.145. The van der Waals surface area contributed by atoms with Crippen LogP contribution in [0, 0.1) is 13.8 Å². The summed E-state index contributed by atoms with van der Waals surface area (Å²) in [7, 11) is 1.71. The standard InChI is InChI=1S/C20H24ClN5O/c1-5-15(11-27-4)26-17-10-13(3)22-20(18(17)23-24-26)25-7-6-14-8-12(2)9-16(21)19(14)25/h8-10,15H,5-7,11H2,1-4H3/t15-/m1/s1. The molecule has 0 unspecified atom stereocenters. The second kappa shape index (κ2) is 7.09. The Hall–Kier alpha value is -2.18. The molecule has 0 bridgehead atoms. The molecule has 1 aliphatic rings. The number of fused-ring (bicyclic) bond motifs is 2. The van der Waals surface area contributed by atoms with E-state index in [1.807, 2.05) is 23.7 Å². The van der Waals surface area contributed by atoms with Gasteiger partial charge < -0.3 is 9.64 Å². The quantitative estimate of drug-likeness (QED) is 0.652. The second-order valence-corrected chi connectivity index (χ2v) is 7.57. The highest BCUT2D eigenvalue weighted by atomic mass is 35.5. The predicted octanol–water partition coefficient (Wildman–Crippen LogP) is 4.39. The van der Waals surface area contributed by atoms with Crippen LogP contribution in [0.1, 0.15) is 36.2 Å². The fourth-order valence-corrected chi connectivity index (χ4v) is 4.31. The number of aromatic nitrogens is 4. The summed E-state index contributed by atoms with van der Waals surface area (Å²) in [4.78, 5) is 6.99. The van der Waals surface area contributed by atoms with Crippen molar-refractivity contribution in [3.8, 4) is 0 Å². The van der Waals surface area contributed by atoms with E-state index in [4.69, 9.17) is 21.3 Å². The maximum atomic E-state index is 6.60. The summed E-state index contributed by atoms with van der Waals surface area (Å²) < 4.78 is 7.33. The first-order valence-electron chi connectivity index (χ1n) is 9.31. The molecule has 0 saturated heterocycles. The Morgan fingerprint density at radius 1 is 1.26 bits per heavy atom. The number of benzene rings is 1. The maximum Gasteiger partial charge on any atom is 0.163 e. The van der Waals surface area contributed by atoms with E-state index in [9.17, 15) is 0 Å². The third kappa shape index (κ3) is 3.07. The van der Waals surface area contributed by atoms with Crippen LogP contribution in [0.5, 0.6) is 0 Å². The fourth-order valence-electron chi connectivity index (χ4n) is 3.91. The largest absolute Gasteiger partial charge is 0.382 e. The van der Waals surface area contributed by atoms with Gasteiger partial charge in [-0.2, -0.15) is 0 Å². The van der Waals surface area contributed by atoms with Crippen molar-refractivity contribution in [2.75, 3.05) is 25.2 Å². The summed E-state index contributed by atoms with van der Waals surface area (Å²) in [5, 5.41) is 9.68. The number of methoxy groups -OCH3 is 1. The number of hydrogen-bond donors (Lipinski definition) is 0. The number of hydrogen-bond acceptors (Lipinski definition) is 5. The van der Waals surface area contributed by atoms with Crippen molar-refractivity contribution in [3.05, 3.63) is 40.0 Å². The van der Waals surface area contributed by atoms with Crippen molar-refractivity contribution < 1.29 is 4.74 Å². The molecule has 0 aliphatic carbocycles. The van der Waals surface area contributed by atoms with Crippen LogP contribution in [0.3, 0.4) is 0 Å². The van der Waals surface area contributed by atoms with E-state index < -0.39 is 0 Å². The zero-order valence-corrected chi connectivity index (χ0v) is 16.9. The van der Waals surface area contributed by atoms with Crippen molar-refractivity contribution in [1.82, 2.24) is 20.0 Å². The van der Waals surface area contributed by atoms with Gasteiger partial charge in [0.25, 0.3) is 0 Å². The number of anilines is 2. The lowest BCUT2D eigenvalue weighted by Gasteiger charge is -2.21. The van der Waals surface area contributed by atoms with E-state index in [1.54, 1.807) is 7.11 Å². The Kier molecular flexibility index (Phi) is 4.78. The molecule has 0 amide bonds. The zero-order valence-electron chi connectivity index (χ0n) is 16.2. The maximum absolute atomic E-state index is 6.60. The van der Waals surface area contributed by atoms with Crippen LogP contribution in [0.2, 0.25) is 5.02 Å². The van der Waals surface area contributed by atoms with Gasteiger partial charge in [-0.05, 0) is 49.9 Å². The number of pyridine rings is 1. The first-order chi connectivity index (χ1) is 13.0. The van der Waals surface area contributed by atoms with E-state index >= 15 is 0 Å². The molecule has 1 aromatic carbocycles.